The molecule has 3 rings (SSSR count). The fourth-order valence-electron chi connectivity index (χ4n) is 3.92. The van der Waals surface area contributed by atoms with Gasteiger partial charge in [-0.1, -0.05) is 20.8 Å². The standard InChI is InChI=1S/C19H28FN3O3S.2ClH/c1-5-27(25,26)17-9-16-14(8-15(17)20)19(3,4)12-23(16)18(24)11-22-7-6-21-13(2)10-22;;/h8-9,13,21H,5-7,10-12H2,1-4H3;2*1H. The van der Waals surface area contributed by atoms with Gasteiger partial charge in [0.2, 0.25) is 5.91 Å². The van der Waals surface area contributed by atoms with Crippen molar-refractivity contribution in [1.29, 1.82) is 0 Å². The third-order valence-electron chi connectivity index (χ3n) is 5.45. The third kappa shape index (κ3) is 5.22. The maximum Gasteiger partial charge on any atom is 0.241 e. The first-order chi connectivity index (χ1) is 12.5. The van der Waals surface area contributed by atoms with Crippen molar-refractivity contribution in [3.8, 4) is 0 Å². The number of fused-ring (bicyclic) bond motifs is 1. The van der Waals surface area contributed by atoms with Crippen molar-refractivity contribution in [1.82, 2.24) is 10.2 Å². The predicted molar refractivity (Wildman–Crippen MR) is 118 cm³/mol. The summed E-state index contributed by atoms with van der Waals surface area (Å²) >= 11 is 0. The zero-order chi connectivity index (χ0) is 20.0. The smallest absolute Gasteiger partial charge is 0.241 e. The largest absolute Gasteiger partial charge is 0.312 e. The van der Waals surface area contributed by atoms with Gasteiger partial charge in [0.05, 0.1) is 12.3 Å². The number of carbonyl (C=O) groups is 1. The van der Waals surface area contributed by atoms with Crippen molar-refractivity contribution in [2.75, 3.05) is 43.4 Å². The number of amides is 1. The second kappa shape index (κ2) is 9.47. The maximum atomic E-state index is 14.5. The van der Waals surface area contributed by atoms with Gasteiger partial charge in [0, 0.05) is 43.3 Å². The van der Waals surface area contributed by atoms with E-state index >= 15 is 0 Å². The quantitative estimate of drug-likeness (QED) is 0.732. The summed E-state index contributed by atoms with van der Waals surface area (Å²) in [7, 11) is -3.70. The van der Waals surface area contributed by atoms with Crippen LogP contribution in [0.2, 0.25) is 0 Å². The molecule has 1 N–H and O–H groups in total. The molecule has 1 fully saturated rings. The molecule has 1 aromatic carbocycles. The molecule has 0 radical (unpaired) electrons. The van der Waals surface area contributed by atoms with E-state index in [4.69, 9.17) is 0 Å². The van der Waals surface area contributed by atoms with Crippen LogP contribution in [0.5, 0.6) is 0 Å². The predicted octanol–water partition coefficient (Wildman–Crippen LogP) is 2.38. The Bertz CT molecular complexity index is 865. The fraction of sp³-hybridized carbons (Fsp3) is 0.632. The Morgan fingerprint density at radius 1 is 1.31 bits per heavy atom. The molecular weight excluding hydrogens is 440 g/mol. The van der Waals surface area contributed by atoms with Gasteiger partial charge in [0.1, 0.15) is 10.7 Å². The van der Waals surface area contributed by atoms with Crippen LogP contribution in [0.3, 0.4) is 0 Å². The van der Waals surface area contributed by atoms with E-state index in [2.05, 4.69) is 17.1 Å². The van der Waals surface area contributed by atoms with Crippen LogP contribution in [0, 0.1) is 5.82 Å². The number of hydrogen-bond donors (Lipinski definition) is 1. The number of nitrogens with zero attached hydrogens (tertiary/aromatic N) is 2. The Labute approximate surface area is 184 Å². The second-order valence-electron chi connectivity index (χ2n) is 8.16. The summed E-state index contributed by atoms with van der Waals surface area (Å²) in [6.07, 6.45) is 0. The van der Waals surface area contributed by atoms with Crippen molar-refractivity contribution in [3.63, 3.8) is 0 Å². The Hall–Kier alpha value is -0.930. The van der Waals surface area contributed by atoms with E-state index in [9.17, 15) is 17.6 Å². The lowest BCUT2D eigenvalue weighted by molar-refractivity contribution is -0.120. The maximum absolute atomic E-state index is 14.5. The Morgan fingerprint density at radius 3 is 2.55 bits per heavy atom. The van der Waals surface area contributed by atoms with E-state index in [0.717, 1.165) is 19.6 Å². The first-order valence-electron chi connectivity index (χ1n) is 9.38. The molecule has 2 heterocycles. The summed E-state index contributed by atoms with van der Waals surface area (Å²) in [4.78, 5) is 16.4. The van der Waals surface area contributed by atoms with Gasteiger partial charge in [-0.15, -0.1) is 24.8 Å². The number of hydrogen-bond acceptors (Lipinski definition) is 5. The van der Waals surface area contributed by atoms with Crippen LogP contribution in [0.15, 0.2) is 17.0 Å². The van der Waals surface area contributed by atoms with Crippen LogP contribution in [-0.2, 0) is 20.0 Å². The minimum absolute atomic E-state index is 0. The molecule has 0 aliphatic carbocycles. The highest BCUT2D eigenvalue weighted by Gasteiger charge is 2.40. The normalized spacial score (nSPS) is 21.1. The Morgan fingerprint density at radius 2 is 1.97 bits per heavy atom. The number of benzene rings is 1. The summed E-state index contributed by atoms with van der Waals surface area (Å²) in [5.41, 5.74) is 0.760. The number of sulfone groups is 1. The summed E-state index contributed by atoms with van der Waals surface area (Å²) in [6, 6.07) is 2.96. The van der Waals surface area contributed by atoms with E-state index in [0.29, 0.717) is 23.8 Å². The van der Waals surface area contributed by atoms with E-state index in [1.54, 1.807) is 4.90 Å². The zero-order valence-corrected chi connectivity index (χ0v) is 19.6. The van der Waals surface area contributed by atoms with E-state index in [1.165, 1.54) is 19.1 Å². The van der Waals surface area contributed by atoms with Gasteiger partial charge >= 0.3 is 0 Å². The summed E-state index contributed by atoms with van der Waals surface area (Å²) in [5.74, 6) is -1.00. The highest BCUT2D eigenvalue weighted by Crippen LogP contribution is 2.42. The molecule has 1 unspecified atom stereocenters. The zero-order valence-electron chi connectivity index (χ0n) is 17.2. The highest BCUT2D eigenvalue weighted by molar-refractivity contribution is 7.91. The van der Waals surface area contributed by atoms with Crippen molar-refractivity contribution in [2.24, 2.45) is 0 Å². The van der Waals surface area contributed by atoms with Crippen LogP contribution in [0.1, 0.15) is 33.3 Å². The van der Waals surface area contributed by atoms with Gasteiger partial charge in [-0.3, -0.25) is 9.69 Å². The number of rotatable bonds is 4. The average Bonchev–Trinajstić information content (AvgIpc) is 2.85. The number of carbonyl (C=O) groups excluding carboxylic acids is 1. The lowest BCUT2D eigenvalue weighted by Gasteiger charge is -2.32. The molecule has 1 amide bonds. The lowest BCUT2D eigenvalue weighted by Crippen LogP contribution is -2.52. The molecule has 29 heavy (non-hydrogen) atoms. The number of halogens is 3. The molecule has 2 aliphatic heterocycles. The van der Waals surface area contributed by atoms with E-state index in [1.807, 2.05) is 13.8 Å². The van der Waals surface area contributed by atoms with Crippen LogP contribution < -0.4 is 10.2 Å². The average molecular weight is 470 g/mol. The van der Waals surface area contributed by atoms with Gasteiger partial charge in [0.25, 0.3) is 0 Å². The summed E-state index contributed by atoms with van der Waals surface area (Å²) in [5, 5.41) is 3.35. The lowest BCUT2D eigenvalue weighted by atomic mass is 9.87. The molecule has 2 aliphatic rings. The van der Waals surface area contributed by atoms with E-state index in [-0.39, 0.29) is 47.9 Å². The molecule has 1 aromatic rings. The molecular formula is C19H30Cl2FN3O3S. The van der Waals surface area contributed by atoms with E-state index < -0.39 is 21.1 Å². The second-order valence-corrected chi connectivity index (χ2v) is 10.4. The topological polar surface area (TPSA) is 69.7 Å². The van der Waals surface area contributed by atoms with Crippen molar-refractivity contribution in [2.45, 2.75) is 44.0 Å². The Kier molecular flexibility index (Phi) is 8.53. The molecule has 166 valence electrons. The van der Waals surface area contributed by atoms with Crippen LogP contribution >= 0.6 is 24.8 Å². The highest BCUT2D eigenvalue weighted by atomic mass is 35.5. The Balaban J connectivity index is 0.00000210. The van der Waals surface area contributed by atoms with Crippen LogP contribution in [-0.4, -0.2) is 63.7 Å². The SMILES string of the molecule is CCS(=O)(=O)c1cc2c(cc1F)C(C)(C)CN2C(=O)CN1CCNC(C)C1.Cl.Cl. The van der Waals surface area contributed by atoms with Crippen molar-refractivity contribution >= 4 is 46.2 Å². The van der Waals surface area contributed by atoms with Gasteiger partial charge < -0.3 is 10.2 Å². The minimum atomic E-state index is -3.70. The number of anilines is 1. The molecule has 1 atom stereocenters. The summed E-state index contributed by atoms with van der Waals surface area (Å²) in [6.45, 7) is 10.6. The minimum Gasteiger partial charge on any atom is -0.312 e. The molecule has 0 aromatic heterocycles. The van der Waals surface area contributed by atoms with Gasteiger partial charge in [-0.05, 0) is 24.6 Å². The van der Waals surface area contributed by atoms with Gasteiger partial charge in [-0.2, -0.15) is 0 Å². The summed E-state index contributed by atoms with van der Waals surface area (Å²) < 4.78 is 39.0. The van der Waals surface area contributed by atoms with Gasteiger partial charge in [-0.25, -0.2) is 12.8 Å². The third-order valence-corrected chi connectivity index (χ3v) is 7.19. The molecule has 0 saturated carbocycles. The first-order valence-corrected chi connectivity index (χ1v) is 11.0. The van der Waals surface area contributed by atoms with Crippen LogP contribution in [0.25, 0.3) is 0 Å². The molecule has 10 heteroatoms. The molecule has 6 nitrogen and oxygen atoms in total. The molecule has 0 bridgehead atoms. The van der Waals surface area contributed by atoms with Crippen LogP contribution in [0.4, 0.5) is 10.1 Å². The molecule has 0 spiro atoms. The monoisotopic (exact) mass is 469 g/mol. The fourth-order valence-corrected chi connectivity index (χ4v) is 4.88. The number of piperazine rings is 1. The van der Waals surface area contributed by atoms with Crippen molar-refractivity contribution < 1.29 is 17.6 Å². The first kappa shape index (κ1) is 26.1. The number of nitrogens with one attached hydrogen (secondary N) is 1. The van der Waals surface area contributed by atoms with Crippen molar-refractivity contribution in [3.05, 3.63) is 23.5 Å². The molecule has 1 saturated heterocycles. The van der Waals surface area contributed by atoms with Gasteiger partial charge in [0.15, 0.2) is 9.84 Å².